The number of ether oxygens (including phenoxy) is 1. The van der Waals surface area contributed by atoms with E-state index in [-0.39, 0.29) is 11.9 Å². The zero-order valence-electron chi connectivity index (χ0n) is 15.2. The van der Waals surface area contributed by atoms with Crippen LogP contribution in [0.1, 0.15) is 47.0 Å². The Morgan fingerprint density at radius 1 is 1.15 bits per heavy atom. The minimum Gasteiger partial charge on any atom is -0.468 e. The van der Waals surface area contributed by atoms with Gasteiger partial charge in [0, 0.05) is 13.0 Å². The zero-order chi connectivity index (χ0) is 18.6. The molecule has 2 atom stereocenters. The fourth-order valence-corrected chi connectivity index (χ4v) is 3.91. The summed E-state index contributed by atoms with van der Waals surface area (Å²) in [6, 6.07) is 11.1. The Labute approximate surface area is 158 Å². The van der Waals surface area contributed by atoms with Gasteiger partial charge in [0.25, 0.3) is 5.91 Å². The molecule has 0 saturated carbocycles. The molecule has 1 saturated heterocycles. The van der Waals surface area contributed by atoms with Gasteiger partial charge in [0.15, 0.2) is 6.10 Å². The topological polar surface area (TPSA) is 71.8 Å². The molecular weight excluding hydrogens is 344 g/mol. The van der Waals surface area contributed by atoms with E-state index in [2.05, 4.69) is 10.2 Å². The fraction of sp³-hybridized carbons (Fsp3) is 0.429. The number of fused-ring (bicyclic) bond motifs is 1. The summed E-state index contributed by atoms with van der Waals surface area (Å²) in [5, 5.41) is 2.97. The Balaban J connectivity index is 1.42. The van der Waals surface area contributed by atoms with Gasteiger partial charge < -0.3 is 14.5 Å². The van der Waals surface area contributed by atoms with E-state index in [1.54, 1.807) is 18.4 Å². The second-order valence-corrected chi connectivity index (χ2v) is 7.13. The number of likely N-dealkylation sites (tertiary alicyclic amines) is 1. The molecule has 6 nitrogen and oxygen atoms in total. The third-order valence-electron chi connectivity index (χ3n) is 5.36. The number of nitrogens with one attached hydrogen (secondary N) is 1. The summed E-state index contributed by atoms with van der Waals surface area (Å²) in [4.78, 5) is 27.2. The van der Waals surface area contributed by atoms with E-state index in [4.69, 9.17) is 9.15 Å². The van der Waals surface area contributed by atoms with Crippen LogP contribution in [-0.4, -0.2) is 42.5 Å². The van der Waals surface area contributed by atoms with Crippen LogP contribution in [0.15, 0.2) is 47.1 Å². The highest BCUT2D eigenvalue weighted by molar-refractivity contribution is 5.95. The minimum absolute atomic E-state index is 0.00386. The number of piperidine rings is 1. The first-order valence-electron chi connectivity index (χ1n) is 9.56. The summed E-state index contributed by atoms with van der Waals surface area (Å²) in [7, 11) is 0. The molecule has 1 amide bonds. The maximum Gasteiger partial charge on any atom is 0.339 e. The number of esters is 1. The molecule has 4 rings (SSSR count). The van der Waals surface area contributed by atoms with Gasteiger partial charge in [0.1, 0.15) is 5.76 Å². The summed E-state index contributed by atoms with van der Waals surface area (Å²) in [5.74, 6) is 0.158. The van der Waals surface area contributed by atoms with Crippen molar-refractivity contribution in [3.8, 4) is 0 Å². The fourth-order valence-electron chi connectivity index (χ4n) is 3.91. The van der Waals surface area contributed by atoms with Crippen LogP contribution in [0.25, 0.3) is 0 Å². The van der Waals surface area contributed by atoms with E-state index in [0.29, 0.717) is 18.5 Å². The lowest BCUT2D eigenvalue weighted by Gasteiger charge is -2.34. The third-order valence-corrected chi connectivity index (χ3v) is 5.36. The van der Waals surface area contributed by atoms with Crippen molar-refractivity contribution in [1.29, 1.82) is 0 Å². The molecule has 2 aliphatic heterocycles. The van der Waals surface area contributed by atoms with Crippen molar-refractivity contribution in [1.82, 2.24) is 10.2 Å². The van der Waals surface area contributed by atoms with E-state index >= 15 is 0 Å². The molecule has 2 unspecified atom stereocenters. The van der Waals surface area contributed by atoms with Crippen molar-refractivity contribution < 1.29 is 18.7 Å². The molecule has 142 valence electrons. The second-order valence-electron chi connectivity index (χ2n) is 7.13. The maximum absolute atomic E-state index is 12.7. The lowest BCUT2D eigenvalue weighted by molar-refractivity contribution is -0.130. The molecule has 0 bridgehead atoms. The number of carbonyl (C=O) groups excluding carboxylic acids is 2. The van der Waals surface area contributed by atoms with Crippen molar-refractivity contribution in [2.24, 2.45) is 0 Å². The van der Waals surface area contributed by atoms with Crippen LogP contribution >= 0.6 is 0 Å². The van der Waals surface area contributed by atoms with Crippen LogP contribution in [0.4, 0.5) is 0 Å². The maximum atomic E-state index is 12.7. The Morgan fingerprint density at radius 2 is 1.96 bits per heavy atom. The highest BCUT2D eigenvalue weighted by atomic mass is 16.5. The predicted molar refractivity (Wildman–Crippen MR) is 99.2 cm³/mol. The molecular formula is C21H24N2O4. The number of hydrogen-bond donors (Lipinski definition) is 1. The SMILES string of the molecule is O=C1OC(C(=O)NCC(c2ccco2)N2CCCCC2)Cc2ccccc21. The van der Waals surface area contributed by atoms with Crippen LogP contribution in [0, 0.1) is 0 Å². The van der Waals surface area contributed by atoms with Gasteiger partial charge in [0.05, 0.1) is 17.9 Å². The number of amides is 1. The Kier molecular flexibility index (Phi) is 5.25. The number of furan rings is 1. The Hall–Kier alpha value is -2.60. The monoisotopic (exact) mass is 368 g/mol. The van der Waals surface area contributed by atoms with Crippen LogP contribution in [-0.2, 0) is 16.0 Å². The third kappa shape index (κ3) is 3.90. The Bertz CT molecular complexity index is 796. The van der Waals surface area contributed by atoms with Gasteiger partial charge in [-0.1, -0.05) is 24.6 Å². The standard InChI is InChI=1S/C21H24N2O4/c24-20(19-13-15-7-2-3-8-16(15)21(25)27-19)22-14-17(18-9-6-12-26-18)23-10-4-1-5-11-23/h2-3,6-9,12,17,19H,1,4-5,10-11,13-14H2,(H,22,24). The van der Waals surface area contributed by atoms with Gasteiger partial charge in [-0.3, -0.25) is 9.69 Å². The van der Waals surface area contributed by atoms with E-state index in [1.807, 2.05) is 24.3 Å². The number of cyclic esters (lactones) is 1. The van der Waals surface area contributed by atoms with Crippen molar-refractivity contribution in [3.63, 3.8) is 0 Å². The van der Waals surface area contributed by atoms with E-state index in [0.717, 1.165) is 37.3 Å². The average Bonchev–Trinajstić information content (AvgIpc) is 3.23. The average molecular weight is 368 g/mol. The van der Waals surface area contributed by atoms with Gasteiger partial charge in [-0.05, 0) is 49.7 Å². The second kappa shape index (κ2) is 7.96. The molecule has 6 heteroatoms. The first-order valence-corrected chi connectivity index (χ1v) is 9.56. The van der Waals surface area contributed by atoms with Gasteiger partial charge in [-0.2, -0.15) is 0 Å². The van der Waals surface area contributed by atoms with Crippen LogP contribution < -0.4 is 5.32 Å². The quantitative estimate of drug-likeness (QED) is 0.822. The molecule has 1 aromatic carbocycles. The van der Waals surface area contributed by atoms with Gasteiger partial charge in [-0.15, -0.1) is 0 Å². The van der Waals surface area contributed by atoms with E-state index < -0.39 is 12.1 Å². The largest absolute Gasteiger partial charge is 0.468 e. The number of benzene rings is 1. The molecule has 1 aromatic heterocycles. The van der Waals surface area contributed by atoms with Gasteiger partial charge in [0.2, 0.25) is 0 Å². The molecule has 27 heavy (non-hydrogen) atoms. The lowest BCUT2D eigenvalue weighted by atomic mass is 9.98. The van der Waals surface area contributed by atoms with Crippen molar-refractivity contribution in [3.05, 3.63) is 59.5 Å². The molecule has 0 aliphatic carbocycles. The number of nitrogens with zero attached hydrogens (tertiary/aromatic N) is 1. The summed E-state index contributed by atoms with van der Waals surface area (Å²) >= 11 is 0. The molecule has 0 spiro atoms. The summed E-state index contributed by atoms with van der Waals surface area (Å²) in [5.41, 5.74) is 1.40. The minimum atomic E-state index is -0.786. The number of hydrogen-bond acceptors (Lipinski definition) is 5. The molecule has 0 radical (unpaired) electrons. The summed E-state index contributed by atoms with van der Waals surface area (Å²) in [6.45, 7) is 2.42. The van der Waals surface area contributed by atoms with Crippen LogP contribution in [0.3, 0.4) is 0 Å². The normalized spacial score (nSPS) is 21.2. The number of carbonyl (C=O) groups is 2. The van der Waals surface area contributed by atoms with Crippen LogP contribution in [0.5, 0.6) is 0 Å². The van der Waals surface area contributed by atoms with Crippen molar-refractivity contribution in [2.75, 3.05) is 19.6 Å². The molecule has 2 aromatic rings. The molecule has 2 aliphatic rings. The van der Waals surface area contributed by atoms with E-state index in [1.165, 1.54) is 6.42 Å². The first kappa shape index (κ1) is 17.8. The zero-order valence-corrected chi connectivity index (χ0v) is 15.2. The molecule has 1 fully saturated rings. The number of rotatable bonds is 5. The lowest BCUT2D eigenvalue weighted by Crippen LogP contribution is -2.46. The van der Waals surface area contributed by atoms with Crippen molar-refractivity contribution in [2.45, 2.75) is 37.8 Å². The Morgan fingerprint density at radius 3 is 2.74 bits per heavy atom. The molecule has 3 heterocycles. The highest BCUT2D eigenvalue weighted by Crippen LogP contribution is 2.25. The highest BCUT2D eigenvalue weighted by Gasteiger charge is 2.32. The summed E-state index contributed by atoms with van der Waals surface area (Å²) < 4.78 is 11.0. The molecule has 1 N–H and O–H groups in total. The predicted octanol–water partition coefficient (Wildman–Crippen LogP) is 2.70. The van der Waals surface area contributed by atoms with Crippen molar-refractivity contribution >= 4 is 11.9 Å². The van der Waals surface area contributed by atoms with Crippen LogP contribution in [0.2, 0.25) is 0 Å². The summed E-state index contributed by atoms with van der Waals surface area (Å²) in [6.07, 6.45) is 4.83. The first-order chi connectivity index (χ1) is 13.2. The smallest absolute Gasteiger partial charge is 0.339 e. The van der Waals surface area contributed by atoms with Gasteiger partial charge >= 0.3 is 5.97 Å². The van der Waals surface area contributed by atoms with Gasteiger partial charge in [-0.25, -0.2) is 4.79 Å². The van der Waals surface area contributed by atoms with E-state index in [9.17, 15) is 9.59 Å².